The summed E-state index contributed by atoms with van der Waals surface area (Å²) in [6, 6.07) is 58.1. The molecule has 0 bridgehead atoms. The molecule has 0 radical (unpaired) electrons. The fourth-order valence-corrected chi connectivity index (χ4v) is 8.78. The molecule has 53 heavy (non-hydrogen) atoms. The van der Waals surface area contributed by atoms with Crippen LogP contribution in [0.1, 0.15) is 25.0 Å². The van der Waals surface area contributed by atoms with Crippen molar-refractivity contribution in [1.29, 1.82) is 0 Å². The number of fused-ring (bicyclic) bond motifs is 10. The van der Waals surface area contributed by atoms with Crippen LogP contribution in [-0.2, 0) is 5.41 Å². The number of benzene rings is 7. The second kappa shape index (κ2) is 11.1. The highest BCUT2D eigenvalue weighted by atomic mass is 15.2. The summed E-state index contributed by atoms with van der Waals surface area (Å²) in [5.74, 6) is 1.88. The maximum atomic E-state index is 5.32. The predicted molar refractivity (Wildman–Crippen MR) is 217 cm³/mol. The second-order valence-electron chi connectivity index (χ2n) is 14.5. The van der Waals surface area contributed by atoms with Gasteiger partial charge in [-0.25, -0.2) is 4.98 Å². The Balaban J connectivity index is 1.33. The summed E-state index contributed by atoms with van der Waals surface area (Å²) >= 11 is 0. The van der Waals surface area contributed by atoms with E-state index in [1.165, 1.54) is 43.9 Å². The van der Waals surface area contributed by atoms with Gasteiger partial charge in [0.25, 0.3) is 0 Å². The molecule has 0 spiro atoms. The van der Waals surface area contributed by atoms with Crippen molar-refractivity contribution >= 4 is 43.6 Å². The third kappa shape index (κ3) is 4.28. The van der Waals surface area contributed by atoms with Crippen LogP contribution in [0.5, 0.6) is 0 Å². The van der Waals surface area contributed by atoms with Gasteiger partial charge in [0.15, 0.2) is 11.6 Å². The van der Waals surface area contributed by atoms with E-state index in [4.69, 9.17) is 15.0 Å². The first-order valence-electron chi connectivity index (χ1n) is 18.1. The van der Waals surface area contributed by atoms with Crippen LogP contribution in [0.25, 0.3) is 89.2 Å². The van der Waals surface area contributed by atoms with Crippen LogP contribution in [0, 0.1) is 0 Å². The van der Waals surface area contributed by atoms with Gasteiger partial charge in [-0.2, -0.15) is 9.97 Å². The smallest absolute Gasteiger partial charge is 0.238 e. The fraction of sp³-hybridized carbons (Fsp3) is 0.0625. The topological polar surface area (TPSA) is 48.5 Å². The number of nitrogens with zero attached hydrogens (tertiary/aromatic N) is 5. The van der Waals surface area contributed by atoms with Crippen molar-refractivity contribution in [2.75, 3.05) is 0 Å². The third-order valence-corrected chi connectivity index (χ3v) is 11.1. The van der Waals surface area contributed by atoms with Crippen LogP contribution in [-0.4, -0.2) is 24.1 Å². The van der Waals surface area contributed by atoms with Crippen molar-refractivity contribution in [3.8, 4) is 45.5 Å². The fourth-order valence-electron chi connectivity index (χ4n) is 8.78. The predicted octanol–water partition coefficient (Wildman–Crippen LogP) is 11.7. The highest BCUT2D eigenvalue weighted by Gasteiger charge is 2.39. The maximum absolute atomic E-state index is 5.32. The Hall–Kier alpha value is -6.85. The molecule has 3 aromatic heterocycles. The summed E-state index contributed by atoms with van der Waals surface area (Å²) in [6.45, 7) is 4.70. The first-order chi connectivity index (χ1) is 26.1. The minimum atomic E-state index is -0.263. The molecule has 0 atom stereocenters. The molecule has 1 aliphatic carbocycles. The second-order valence-corrected chi connectivity index (χ2v) is 14.5. The first kappa shape index (κ1) is 29.8. The molecule has 10 aromatic rings. The van der Waals surface area contributed by atoms with Crippen LogP contribution in [0.3, 0.4) is 0 Å². The van der Waals surface area contributed by atoms with Crippen LogP contribution < -0.4 is 0 Å². The van der Waals surface area contributed by atoms with Gasteiger partial charge in [-0.3, -0.25) is 4.57 Å². The molecule has 0 aliphatic heterocycles. The van der Waals surface area contributed by atoms with Crippen molar-refractivity contribution in [3.63, 3.8) is 0 Å². The van der Waals surface area contributed by atoms with Crippen LogP contribution in [0.15, 0.2) is 164 Å². The number of hydrogen-bond acceptors (Lipinski definition) is 3. The van der Waals surface area contributed by atoms with Crippen molar-refractivity contribution < 1.29 is 0 Å². The van der Waals surface area contributed by atoms with Crippen molar-refractivity contribution in [2.24, 2.45) is 0 Å². The summed E-state index contributed by atoms with van der Waals surface area (Å²) in [5.41, 5.74) is 12.4. The summed E-state index contributed by atoms with van der Waals surface area (Å²) in [5, 5.41) is 4.72. The normalized spacial score (nSPS) is 13.2. The Labute approximate surface area is 306 Å². The van der Waals surface area contributed by atoms with Crippen LogP contribution in [0.2, 0.25) is 0 Å². The summed E-state index contributed by atoms with van der Waals surface area (Å²) < 4.78 is 4.72. The standard InChI is InChI=1S/C48H33N5/c1-48(2)39-24-14-12-22-33(39)35-26-27-36-38-29-41-37(34-23-13-15-25-40(34)52(41)32-20-10-5-11-21-32)28-42(38)53(44(36)43(35)48)47-50-45(30-16-6-3-7-17-30)49-46(51-47)31-18-8-4-9-19-31/h3-29H,1-2H3. The zero-order valence-corrected chi connectivity index (χ0v) is 29.3. The minimum absolute atomic E-state index is 0.263. The molecule has 0 saturated carbocycles. The van der Waals surface area contributed by atoms with E-state index in [0.717, 1.165) is 38.8 Å². The van der Waals surface area contributed by atoms with Gasteiger partial charge in [0, 0.05) is 43.8 Å². The molecule has 3 heterocycles. The molecule has 11 rings (SSSR count). The molecular formula is C48H33N5. The van der Waals surface area contributed by atoms with Gasteiger partial charge >= 0.3 is 0 Å². The van der Waals surface area contributed by atoms with Gasteiger partial charge in [0.05, 0.1) is 22.1 Å². The molecule has 5 nitrogen and oxygen atoms in total. The first-order valence-corrected chi connectivity index (χ1v) is 18.1. The van der Waals surface area contributed by atoms with Crippen molar-refractivity contribution in [3.05, 3.63) is 175 Å². The molecule has 0 fully saturated rings. The number of rotatable bonds is 4. The Morgan fingerprint density at radius 1 is 0.434 bits per heavy atom. The lowest BCUT2D eigenvalue weighted by molar-refractivity contribution is 0.663. The highest BCUT2D eigenvalue weighted by molar-refractivity contribution is 6.20. The maximum Gasteiger partial charge on any atom is 0.238 e. The van der Waals surface area contributed by atoms with E-state index < -0.39 is 0 Å². The Bertz CT molecular complexity index is 3010. The number of aromatic nitrogens is 5. The van der Waals surface area contributed by atoms with Gasteiger partial charge in [-0.15, -0.1) is 0 Å². The molecule has 0 unspecified atom stereocenters. The van der Waals surface area contributed by atoms with Crippen molar-refractivity contribution in [2.45, 2.75) is 19.3 Å². The van der Waals surface area contributed by atoms with Crippen LogP contribution >= 0.6 is 0 Å². The van der Waals surface area contributed by atoms with E-state index in [1.807, 2.05) is 36.4 Å². The lowest BCUT2D eigenvalue weighted by Crippen LogP contribution is -2.17. The van der Waals surface area contributed by atoms with Gasteiger partial charge in [0.1, 0.15) is 0 Å². The van der Waals surface area contributed by atoms with Crippen LogP contribution in [0.4, 0.5) is 0 Å². The van der Waals surface area contributed by atoms with E-state index in [-0.39, 0.29) is 5.41 Å². The molecule has 7 aromatic carbocycles. The Morgan fingerprint density at radius 2 is 1.00 bits per heavy atom. The van der Waals surface area contributed by atoms with E-state index in [1.54, 1.807) is 0 Å². The monoisotopic (exact) mass is 679 g/mol. The van der Waals surface area contributed by atoms with Crippen molar-refractivity contribution in [1.82, 2.24) is 24.1 Å². The van der Waals surface area contributed by atoms with Gasteiger partial charge in [-0.05, 0) is 52.6 Å². The minimum Gasteiger partial charge on any atom is -0.309 e. The SMILES string of the molecule is CC1(C)c2ccccc2-c2ccc3c4cc5c(cc4n(-c4nc(-c6ccccc6)nc(-c6ccccc6)n4)c3c21)c1ccccc1n5-c1ccccc1. The number of para-hydroxylation sites is 2. The number of hydrogen-bond donors (Lipinski definition) is 0. The zero-order valence-electron chi connectivity index (χ0n) is 29.3. The Kier molecular flexibility index (Phi) is 6.23. The molecule has 0 N–H and O–H groups in total. The average molecular weight is 680 g/mol. The Morgan fingerprint density at radius 3 is 1.70 bits per heavy atom. The quantitative estimate of drug-likeness (QED) is 0.186. The lowest BCUT2D eigenvalue weighted by Gasteiger charge is -2.23. The third-order valence-electron chi connectivity index (χ3n) is 11.1. The zero-order chi connectivity index (χ0) is 35.3. The summed E-state index contributed by atoms with van der Waals surface area (Å²) in [7, 11) is 0. The molecule has 0 saturated heterocycles. The molecule has 250 valence electrons. The molecule has 1 aliphatic rings. The van der Waals surface area contributed by atoms with E-state index in [9.17, 15) is 0 Å². The molecule has 5 heteroatoms. The van der Waals surface area contributed by atoms with E-state index in [0.29, 0.717) is 17.6 Å². The van der Waals surface area contributed by atoms with E-state index in [2.05, 4.69) is 150 Å². The van der Waals surface area contributed by atoms with Gasteiger partial charge < -0.3 is 4.57 Å². The average Bonchev–Trinajstić information content (AvgIpc) is 3.80. The molecular weight excluding hydrogens is 647 g/mol. The highest BCUT2D eigenvalue weighted by Crippen LogP contribution is 2.53. The van der Waals surface area contributed by atoms with Gasteiger partial charge in [0.2, 0.25) is 5.95 Å². The van der Waals surface area contributed by atoms with Gasteiger partial charge in [-0.1, -0.05) is 147 Å². The lowest BCUT2D eigenvalue weighted by atomic mass is 9.81. The largest absolute Gasteiger partial charge is 0.309 e. The molecule has 0 amide bonds. The summed E-state index contributed by atoms with van der Waals surface area (Å²) in [4.78, 5) is 15.7. The summed E-state index contributed by atoms with van der Waals surface area (Å²) in [6.07, 6.45) is 0. The van der Waals surface area contributed by atoms with E-state index >= 15 is 0 Å².